The van der Waals surface area contributed by atoms with Crippen LogP contribution in [-0.4, -0.2) is 42.5 Å². The van der Waals surface area contributed by atoms with Gasteiger partial charge in [-0.3, -0.25) is 9.59 Å². The standard InChI is InChI=1S/C24H30N2O3/c1-18-9-11-21(12-10-18)29-17-5-8-23(27)25-20-13-15-26(16-14-20)24(28)22-7-4-3-6-19(22)2/h3-4,6-7,9-12,20H,5,8,13-17H2,1-2H3,(H,25,27). The first kappa shape index (κ1) is 20.9. The van der Waals surface area contributed by atoms with Gasteiger partial charge in [-0.05, 0) is 56.9 Å². The van der Waals surface area contributed by atoms with Crippen LogP contribution in [0.25, 0.3) is 0 Å². The third-order valence-electron chi connectivity index (χ3n) is 5.36. The predicted octanol–water partition coefficient (Wildman–Crippen LogP) is 3.88. The number of carbonyl (C=O) groups is 2. The van der Waals surface area contributed by atoms with E-state index < -0.39 is 0 Å². The zero-order valence-corrected chi connectivity index (χ0v) is 17.3. The van der Waals surface area contributed by atoms with E-state index in [0.29, 0.717) is 32.5 Å². The number of nitrogens with zero attached hydrogens (tertiary/aromatic N) is 1. The van der Waals surface area contributed by atoms with Crippen LogP contribution in [0.1, 0.15) is 47.2 Å². The SMILES string of the molecule is Cc1ccc(OCCCC(=O)NC2CCN(C(=O)c3ccccc3C)CC2)cc1. The summed E-state index contributed by atoms with van der Waals surface area (Å²) in [5.74, 6) is 0.976. The third kappa shape index (κ3) is 6.08. The Labute approximate surface area is 173 Å². The quantitative estimate of drug-likeness (QED) is 0.725. The fraction of sp³-hybridized carbons (Fsp3) is 0.417. The highest BCUT2D eigenvalue weighted by Gasteiger charge is 2.25. The van der Waals surface area contributed by atoms with Gasteiger partial charge < -0.3 is 15.0 Å². The lowest BCUT2D eigenvalue weighted by molar-refractivity contribution is -0.122. The number of amides is 2. The molecule has 0 aromatic heterocycles. The highest BCUT2D eigenvalue weighted by molar-refractivity contribution is 5.95. The maximum Gasteiger partial charge on any atom is 0.254 e. The number of piperidine rings is 1. The minimum Gasteiger partial charge on any atom is -0.494 e. The average Bonchev–Trinajstić information content (AvgIpc) is 2.73. The Hall–Kier alpha value is -2.82. The molecule has 5 nitrogen and oxygen atoms in total. The molecule has 3 rings (SSSR count). The largest absolute Gasteiger partial charge is 0.494 e. The molecule has 0 bridgehead atoms. The summed E-state index contributed by atoms with van der Waals surface area (Å²) < 4.78 is 5.67. The lowest BCUT2D eigenvalue weighted by atomic mass is 10.0. The van der Waals surface area contributed by atoms with Gasteiger partial charge in [-0.25, -0.2) is 0 Å². The van der Waals surface area contributed by atoms with Gasteiger partial charge in [0.05, 0.1) is 6.61 Å². The number of hydrogen-bond donors (Lipinski definition) is 1. The molecular formula is C24H30N2O3. The van der Waals surface area contributed by atoms with E-state index in [1.807, 2.05) is 67.3 Å². The molecule has 1 saturated heterocycles. The van der Waals surface area contributed by atoms with Crippen molar-refractivity contribution >= 4 is 11.8 Å². The van der Waals surface area contributed by atoms with E-state index in [1.54, 1.807) is 0 Å². The van der Waals surface area contributed by atoms with Crippen LogP contribution >= 0.6 is 0 Å². The third-order valence-corrected chi connectivity index (χ3v) is 5.36. The molecule has 1 heterocycles. The van der Waals surface area contributed by atoms with Crippen molar-refractivity contribution in [1.82, 2.24) is 10.2 Å². The molecule has 0 unspecified atom stereocenters. The maximum atomic E-state index is 12.7. The van der Waals surface area contributed by atoms with E-state index >= 15 is 0 Å². The molecule has 2 amide bonds. The number of benzene rings is 2. The van der Waals surface area contributed by atoms with Crippen LogP contribution < -0.4 is 10.1 Å². The number of nitrogens with one attached hydrogen (secondary N) is 1. The van der Waals surface area contributed by atoms with Gasteiger partial charge in [0.25, 0.3) is 5.91 Å². The first-order valence-electron chi connectivity index (χ1n) is 10.4. The Bertz CT molecular complexity index is 824. The van der Waals surface area contributed by atoms with Crippen molar-refractivity contribution in [3.63, 3.8) is 0 Å². The van der Waals surface area contributed by atoms with E-state index in [4.69, 9.17) is 4.74 Å². The van der Waals surface area contributed by atoms with Crippen LogP contribution in [0.2, 0.25) is 0 Å². The van der Waals surface area contributed by atoms with E-state index in [-0.39, 0.29) is 17.9 Å². The van der Waals surface area contributed by atoms with Crippen molar-refractivity contribution in [3.8, 4) is 5.75 Å². The van der Waals surface area contributed by atoms with Crippen molar-refractivity contribution in [2.24, 2.45) is 0 Å². The van der Waals surface area contributed by atoms with Gasteiger partial charge in [-0.2, -0.15) is 0 Å². The van der Waals surface area contributed by atoms with Crippen LogP contribution in [0.15, 0.2) is 48.5 Å². The highest BCUT2D eigenvalue weighted by atomic mass is 16.5. The summed E-state index contributed by atoms with van der Waals surface area (Å²) in [5, 5.41) is 3.10. The molecule has 1 N–H and O–H groups in total. The van der Waals surface area contributed by atoms with Crippen molar-refractivity contribution in [1.29, 1.82) is 0 Å². The Balaban J connectivity index is 1.34. The number of likely N-dealkylation sites (tertiary alicyclic amines) is 1. The molecular weight excluding hydrogens is 364 g/mol. The van der Waals surface area contributed by atoms with Gasteiger partial charge in [0.1, 0.15) is 5.75 Å². The Morgan fingerprint density at radius 3 is 2.41 bits per heavy atom. The molecule has 5 heteroatoms. The van der Waals surface area contributed by atoms with Crippen molar-refractivity contribution in [3.05, 3.63) is 65.2 Å². The Morgan fingerprint density at radius 1 is 1.03 bits per heavy atom. The van der Waals surface area contributed by atoms with E-state index in [1.165, 1.54) is 5.56 Å². The van der Waals surface area contributed by atoms with Crippen LogP contribution in [0.5, 0.6) is 5.75 Å². The first-order chi connectivity index (χ1) is 14.0. The van der Waals surface area contributed by atoms with Crippen molar-refractivity contribution < 1.29 is 14.3 Å². The topological polar surface area (TPSA) is 58.6 Å². The number of hydrogen-bond acceptors (Lipinski definition) is 3. The second kappa shape index (κ2) is 10.1. The van der Waals surface area contributed by atoms with E-state index in [9.17, 15) is 9.59 Å². The van der Waals surface area contributed by atoms with Crippen LogP contribution in [0.3, 0.4) is 0 Å². The van der Waals surface area contributed by atoms with Crippen LogP contribution in [0.4, 0.5) is 0 Å². The summed E-state index contributed by atoms with van der Waals surface area (Å²) in [6, 6.07) is 15.7. The molecule has 1 fully saturated rings. The van der Waals surface area contributed by atoms with Gasteiger partial charge in [-0.15, -0.1) is 0 Å². The molecule has 2 aromatic rings. The molecule has 2 aromatic carbocycles. The summed E-state index contributed by atoms with van der Waals surface area (Å²) in [7, 11) is 0. The summed E-state index contributed by atoms with van der Waals surface area (Å²) >= 11 is 0. The van der Waals surface area contributed by atoms with Gasteiger partial charge in [0, 0.05) is 31.1 Å². The van der Waals surface area contributed by atoms with Gasteiger partial charge >= 0.3 is 0 Å². The van der Waals surface area contributed by atoms with E-state index in [0.717, 1.165) is 29.7 Å². The number of ether oxygens (including phenoxy) is 1. The van der Waals surface area contributed by atoms with Gasteiger partial charge in [-0.1, -0.05) is 35.9 Å². The molecule has 1 aliphatic heterocycles. The van der Waals surface area contributed by atoms with Crippen molar-refractivity contribution in [2.75, 3.05) is 19.7 Å². The maximum absolute atomic E-state index is 12.7. The van der Waals surface area contributed by atoms with Gasteiger partial charge in [0.15, 0.2) is 0 Å². The minimum absolute atomic E-state index is 0.0567. The second-order valence-electron chi connectivity index (χ2n) is 7.71. The molecule has 0 aliphatic carbocycles. The number of rotatable bonds is 7. The average molecular weight is 395 g/mol. The number of carbonyl (C=O) groups excluding carboxylic acids is 2. The molecule has 0 spiro atoms. The fourth-order valence-corrected chi connectivity index (χ4v) is 3.57. The summed E-state index contributed by atoms with van der Waals surface area (Å²) in [4.78, 5) is 26.8. The predicted molar refractivity (Wildman–Crippen MR) is 114 cm³/mol. The summed E-state index contributed by atoms with van der Waals surface area (Å²) in [6.45, 7) is 5.88. The van der Waals surface area contributed by atoms with Crippen LogP contribution in [-0.2, 0) is 4.79 Å². The molecule has 0 atom stereocenters. The number of aryl methyl sites for hydroxylation is 2. The Kier molecular flexibility index (Phi) is 7.28. The van der Waals surface area contributed by atoms with E-state index in [2.05, 4.69) is 5.32 Å². The second-order valence-corrected chi connectivity index (χ2v) is 7.71. The first-order valence-corrected chi connectivity index (χ1v) is 10.4. The van der Waals surface area contributed by atoms with Gasteiger partial charge in [0.2, 0.25) is 5.91 Å². The summed E-state index contributed by atoms with van der Waals surface area (Å²) in [6.07, 6.45) is 2.73. The normalized spacial score (nSPS) is 14.5. The molecule has 1 aliphatic rings. The monoisotopic (exact) mass is 394 g/mol. The Morgan fingerprint density at radius 2 is 1.72 bits per heavy atom. The summed E-state index contributed by atoms with van der Waals surface area (Å²) in [5.41, 5.74) is 2.97. The molecule has 154 valence electrons. The smallest absolute Gasteiger partial charge is 0.254 e. The highest BCUT2D eigenvalue weighted by Crippen LogP contribution is 2.17. The lowest BCUT2D eigenvalue weighted by Gasteiger charge is -2.32. The molecule has 0 saturated carbocycles. The zero-order valence-electron chi connectivity index (χ0n) is 17.3. The zero-order chi connectivity index (χ0) is 20.6. The minimum atomic E-state index is 0.0567. The fourth-order valence-electron chi connectivity index (χ4n) is 3.57. The molecule has 0 radical (unpaired) electrons. The molecule has 29 heavy (non-hydrogen) atoms. The lowest BCUT2D eigenvalue weighted by Crippen LogP contribution is -2.46. The van der Waals surface area contributed by atoms with Crippen molar-refractivity contribution in [2.45, 2.75) is 45.6 Å². The van der Waals surface area contributed by atoms with Crippen LogP contribution in [0, 0.1) is 13.8 Å².